The van der Waals surface area contributed by atoms with E-state index in [9.17, 15) is 18.0 Å². The third-order valence-corrected chi connectivity index (χ3v) is 10.1. The molecule has 2 fully saturated rings. The molecule has 0 spiro atoms. The van der Waals surface area contributed by atoms with Gasteiger partial charge in [0.15, 0.2) is 0 Å². The van der Waals surface area contributed by atoms with Crippen LogP contribution in [-0.4, -0.2) is 101 Å². The average molecular weight is 552 g/mol. The van der Waals surface area contributed by atoms with Crippen LogP contribution >= 0.6 is 0 Å². The third-order valence-electron chi connectivity index (χ3n) is 7.94. The molecule has 214 valence electrons. The minimum Gasteiger partial charge on any atom is -0.497 e. The van der Waals surface area contributed by atoms with Gasteiger partial charge in [-0.1, -0.05) is 0 Å². The number of likely N-dealkylation sites (tertiary alicyclic amines) is 1. The van der Waals surface area contributed by atoms with Crippen molar-refractivity contribution in [3.8, 4) is 5.75 Å². The lowest BCUT2D eigenvalue weighted by Gasteiger charge is -2.22. The average Bonchev–Trinajstić information content (AvgIpc) is 3.56. The Morgan fingerprint density at radius 2 is 1.74 bits per heavy atom. The number of hydrogen-bond acceptors (Lipinski definition) is 7. The molecule has 1 aromatic carbocycles. The Balaban J connectivity index is 1.37. The molecule has 1 saturated carbocycles. The van der Waals surface area contributed by atoms with Gasteiger partial charge in [-0.3, -0.25) is 9.59 Å². The van der Waals surface area contributed by atoms with Crippen LogP contribution in [0.25, 0.3) is 0 Å². The van der Waals surface area contributed by atoms with Gasteiger partial charge < -0.3 is 19.3 Å². The SMILES string of the molecule is COc1cc(C)c(S(=O)(=O)N(C)CCOCC(=O)N(C)C[C@@H]2CCC(C(=O)CCN3CCCC3)C2)c(C)c1. The van der Waals surface area contributed by atoms with Crippen molar-refractivity contribution >= 4 is 21.7 Å². The lowest BCUT2D eigenvalue weighted by Crippen LogP contribution is -2.35. The van der Waals surface area contributed by atoms with Gasteiger partial charge in [0.2, 0.25) is 15.9 Å². The molecule has 1 aliphatic heterocycles. The number of ketones is 1. The van der Waals surface area contributed by atoms with E-state index in [-0.39, 0.29) is 36.5 Å². The first kappa shape index (κ1) is 30.5. The summed E-state index contributed by atoms with van der Waals surface area (Å²) < 4.78 is 38.3. The number of carbonyl (C=O) groups is 2. The third kappa shape index (κ3) is 8.00. The molecule has 0 aromatic heterocycles. The van der Waals surface area contributed by atoms with Crippen molar-refractivity contribution in [3.05, 3.63) is 23.3 Å². The van der Waals surface area contributed by atoms with Crippen LogP contribution in [0.5, 0.6) is 5.75 Å². The van der Waals surface area contributed by atoms with Crippen LogP contribution < -0.4 is 4.74 Å². The van der Waals surface area contributed by atoms with Gasteiger partial charge in [0.25, 0.3) is 0 Å². The fourth-order valence-corrected chi connectivity index (χ4v) is 7.23. The smallest absolute Gasteiger partial charge is 0.248 e. The van der Waals surface area contributed by atoms with Gasteiger partial charge in [-0.15, -0.1) is 0 Å². The van der Waals surface area contributed by atoms with Crippen LogP contribution in [0.4, 0.5) is 0 Å². The van der Waals surface area contributed by atoms with E-state index >= 15 is 0 Å². The number of methoxy groups -OCH3 is 1. The molecule has 1 amide bonds. The Kier molecular flexibility index (Phi) is 11.1. The topological polar surface area (TPSA) is 96.5 Å². The van der Waals surface area contributed by atoms with E-state index in [0.717, 1.165) is 38.9 Å². The number of ether oxygens (including phenoxy) is 2. The molecule has 38 heavy (non-hydrogen) atoms. The minimum absolute atomic E-state index is 0.101. The van der Waals surface area contributed by atoms with Crippen LogP contribution in [0.1, 0.15) is 49.7 Å². The molecule has 2 aliphatic rings. The molecule has 1 unspecified atom stereocenters. The quantitative estimate of drug-likeness (QED) is 0.328. The van der Waals surface area contributed by atoms with E-state index in [2.05, 4.69) is 4.90 Å². The second-order valence-corrected chi connectivity index (χ2v) is 12.9. The largest absolute Gasteiger partial charge is 0.497 e. The normalized spacial score (nSPS) is 20.3. The standard InChI is InChI=1S/C28H45N3O6S/c1-21-16-25(36-5)17-22(2)28(21)38(34,35)30(4)14-15-37-20-27(33)29(3)19-23-8-9-24(18-23)26(32)10-13-31-11-6-7-12-31/h16-17,23-24H,6-15,18-20H2,1-5H3/t23-,24?/m1/s1. The molecule has 3 rings (SSSR count). The molecule has 1 aliphatic carbocycles. The van der Waals surface area contributed by atoms with Crippen molar-refractivity contribution in [1.29, 1.82) is 0 Å². The number of likely N-dealkylation sites (N-methyl/N-ethyl adjacent to an activating group) is 2. The van der Waals surface area contributed by atoms with E-state index in [4.69, 9.17) is 9.47 Å². The van der Waals surface area contributed by atoms with Crippen molar-refractivity contribution in [3.63, 3.8) is 0 Å². The number of nitrogens with zero attached hydrogens (tertiary/aromatic N) is 3. The maximum absolute atomic E-state index is 13.1. The maximum atomic E-state index is 13.1. The number of Topliss-reactive ketones (excluding diaryl/α,β-unsaturated/α-hetero) is 1. The number of sulfonamides is 1. The van der Waals surface area contributed by atoms with Crippen LogP contribution in [0, 0.1) is 25.7 Å². The number of carbonyl (C=O) groups excluding carboxylic acids is 2. The Morgan fingerprint density at radius 3 is 2.37 bits per heavy atom. The summed E-state index contributed by atoms with van der Waals surface area (Å²) in [6.45, 7) is 7.36. The Morgan fingerprint density at radius 1 is 1.08 bits per heavy atom. The van der Waals surface area contributed by atoms with Gasteiger partial charge in [0, 0.05) is 46.1 Å². The highest BCUT2D eigenvalue weighted by atomic mass is 32.2. The van der Waals surface area contributed by atoms with E-state index in [1.54, 1.807) is 45.0 Å². The van der Waals surface area contributed by atoms with Gasteiger partial charge >= 0.3 is 0 Å². The molecule has 1 saturated heterocycles. The van der Waals surface area contributed by atoms with Gasteiger partial charge in [-0.25, -0.2) is 8.42 Å². The number of aryl methyl sites for hydroxylation is 2. The van der Waals surface area contributed by atoms with Crippen molar-refractivity contribution < 1.29 is 27.5 Å². The fourth-order valence-electron chi connectivity index (χ4n) is 5.68. The van der Waals surface area contributed by atoms with Gasteiger partial charge in [-0.2, -0.15) is 4.31 Å². The highest BCUT2D eigenvalue weighted by Gasteiger charge is 2.31. The Labute approximate surface area is 228 Å². The van der Waals surface area contributed by atoms with Gasteiger partial charge in [0.1, 0.15) is 18.1 Å². The summed E-state index contributed by atoms with van der Waals surface area (Å²) in [5.41, 5.74) is 1.24. The maximum Gasteiger partial charge on any atom is 0.248 e. The molecule has 1 heterocycles. The molecular formula is C28H45N3O6S. The van der Waals surface area contributed by atoms with Crippen molar-refractivity contribution in [2.75, 3.05) is 67.1 Å². The van der Waals surface area contributed by atoms with Crippen LogP contribution in [0.2, 0.25) is 0 Å². The molecule has 0 bridgehead atoms. The van der Waals surface area contributed by atoms with E-state index in [1.807, 2.05) is 0 Å². The van der Waals surface area contributed by atoms with Crippen LogP contribution in [-0.2, 0) is 24.3 Å². The predicted octanol–water partition coefficient (Wildman–Crippen LogP) is 2.88. The van der Waals surface area contributed by atoms with Gasteiger partial charge in [0.05, 0.1) is 18.6 Å². The summed E-state index contributed by atoms with van der Waals surface area (Å²) in [6.07, 6.45) is 5.85. The summed E-state index contributed by atoms with van der Waals surface area (Å²) in [5.74, 6) is 1.30. The summed E-state index contributed by atoms with van der Waals surface area (Å²) in [7, 11) is 1.12. The van der Waals surface area contributed by atoms with Crippen molar-refractivity contribution in [1.82, 2.24) is 14.1 Å². The minimum atomic E-state index is -3.71. The molecule has 10 heteroatoms. The lowest BCUT2D eigenvalue weighted by atomic mass is 9.98. The zero-order chi connectivity index (χ0) is 27.9. The fraction of sp³-hybridized carbons (Fsp3) is 0.714. The molecule has 0 N–H and O–H groups in total. The summed E-state index contributed by atoms with van der Waals surface area (Å²) in [4.78, 5) is 29.6. The number of rotatable bonds is 14. The van der Waals surface area contributed by atoms with E-state index in [0.29, 0.717) is 41.5 Å². The highest BCUT2D eigenvalue weighted by Crippen LogP contribution is 2.33. The van der Waals surface area contributed by atoms with Crippen LogP contribution in [0.15, 0.2) is 17.0 Å². The Bertz CT molecular complexity index is 1050. The zero-order valence-electron chi connectivity index (χ0n) is 23.7. The van der Waals surface area contributed by atoms with Crippen molar-refractivity contribution in [2.24, 2.45) is 11.8 Å². The van der Waals surface area contributed by atoms with E-state index in [1.165, 1.54) is 24.2 Å². The number of amides is 1. The first-order valence-corrected chi connectivity index (χ1v) is 15.1. The van der Waals surface area contributed by atoms with E-state index < -0.39 is 10.0 Å². The van der Waals surface area contributed by atoms with Crippen molar-refractivity contribution in [2.45, 2.75) is 57.3 Å². The number of benzene rings is 1. The molecule has 2 atom stereocenters. The van der Waals surface area contributed by atoms with Crippen LogP contribution in [0.3, 0.4) is 0 Å². The Hall–Kier alpha value is -2.01. The first-order valence-electron chi connectivity index (χ1n) is 13.7. The summed E-state index contributed by atoms with van der Waals surface area (Å²) in [5, 5.41) is 0. The number of hydrogen-bond donors (Lipinski definition) is 0. The monoisotopic (exact) mass is 551 g/mol. The molecular weight excluding hydrogens is 506 g/mol. The lowest BCUT2D eigenvalue weighted by molar-refractivity contribution is -0.135. The first-order chi connectivity index (χ1) is 18.0. The summed E-state index contributed by atoms with van der Waals surface area (Å²) in [6, 6.07) is 3.41. The highest BCUT2D eigenvalue weighted by molar-refractivity contribution is 7.89. The zero-order valence-corrected chi connectivity index (χ0v) is 24.5. The van der Waals surface area contributed by atoms with Gasteiger partial charge in [-0.05, 0) is 88.2 Å². The second kappa shape index (κ2) is 13.9. The summed E-state index contributed by atoms with van der Waals surface area (Å²) >= 11 is 0. The second-order valence-electron chi connectivity index (χ2n) is 10.9. The predicted molar refractivity (Wildman–Crippen MR) is 147 cm³/mol. The molecule has 0 radical (unpaired) electrons. The molecule has 9 nitrogen and oxygen atoms in total. The molecule has 1 aromatic rings.